The van der Waals surface area contributed by atoms with Crippen LogP contribution in [0.5, 0.6) is 0 Å². The van der Waals surface area contributed by atoms with Crippen LogP contribution in [0, 0.1) is 11.3 Å². The third kappa shape index (κ3) is 7.19. The van der Waals surface area contributed by atoms with Crippen LogP contribution >= 0.6 is 11.3 Å². The molecule has 2 heterocycles. The van der Waals surface area contributed by atoms with Gasteiger partial charge in [0.05, 0.1) is 17.7 Å². The third-order valence-corrected chi connectivity index (χ3v) is 10.8. The second kappa shape index (κ2) is 11.7. The van der Waals surface area contributed by atoms with Crippen molar-refractivity contribution in [2.75, 3.05) is 24.1 Å². The second-order valence-electron chi connectivity index (χ2n) is 13.2. The van der Waals surface area contributed by atoms with Crippen molar-refractivity contribution >= 4 is 43.0 Å². The standard InChI is InChI=1S/C32H43N3O4S2/c1-31(2,3)25-9-10-27-23(16-25)15-24-19-29(40-30(24)34-27)28(37)18-22(11-14-33-32(20-36)12-6-13-32)21-7-5-8-26(17-21)35-41(4,38)39/h5,7-8,15,17,19,22,25,33,35-36H,6,9-14,16,18,20H2,1-4H3/t22-,25-/m0/s1. The van der Waals surface area contributed by atoms with E-state index >= 15 is 0 Å². The predicted octanol–water partition coefficient (Wildman–Crippen LogP) is 6.07. The van der Waals surface area contributed by atoms with Gasteiger partial charge in [-0.2, -0.15) is 0 Å². The highest BCUT2D eigenvalue weighted by Gasteiger charge is 2.36. The van der Waals surface area contributed by atoms with Gasteiger partial charge in [-0.1, -0.05) is 32.9 Å². The fourth-order valence-corrected chi connectivity index (χ4v) is 7.83. The molecule has 222 valence electrons. The number of nitrogens with one attached hydrogen (secondary N) is 2. The number of rotatable bonds is 11. The SMILES string of the molecule is CC(C)(C)[C@H]1CCc2nc3sc(C(=O)C[C@H](CCNC4(CO)CCC4)c4cccc(NS(C)(=O)=O)c4)cc3cc2C1. The zero-order valence-electron chi connectivity index (χ0n) is 24.6. The van der Waals surface area contributed by atoms with Crippen LogP contribution in [0.15, 0.2) is 36.4 Å². The largest absolute Gasteiger partial charge is 0.394 e. The molecule has 0 radical (unpaired) electrons. The lowest BCUT2D eigenvalue weighted by molar-refractivity contribution is 0.0874. The van der Waals surface area contributed by atoms with Crippen molar-refractivity contribution in [3.8, 4) is 0 Å². The smallest absolute Gasteiger partial charge is 0.229 e. The molecule has 2 aliphatic carbocycles. The highest BCUT2D eigenvalue weighted by atomic mass is 32.2. The Labute approximate surface area is 248 Å². The number of fused-ring (bicyclic) bond motifs is 2. The van der Waals surface area contributed by atoms with Crippen LogP contribution < -0.4 is 10.0 Å². The summed E-state index contributed by atoms with van der Waals surface area (Å²) in [6.45, 7) is 7.71. The molecule has 1 aromatic carbocycles. The lowest BCUT2D eigenvalue weighted by Crippen LogP contribution is -2.54. The number of carbonyl (C=O) groups excluding carboxylic acids is 1. The number of thiophene rings is 1. The first-order chi connectivity index (χ1) is 19.3. The number of carbonyl (C=O) groups is 1. The fraction of sp³-hybridized carbons (Fsp3) is 0.562. The van der Waals surface area contributed by atoms with Crippen molar-refractivity contribution in [1.82, 2.24) is 10.3 Å². The molecule has 2 aromatic heterocycles. The molecular weight excluding hydrogens is 555 g/mol. The van der Waals surface area contributed by atoms with Crippen molar-refractivity contribution in [1.29, 1.82) is 0 Å². The van der Waals surface area contributed by atoms with Crippen LogP contribution in [-0.4, -0.2) is 49.2 Å². The molecule has 41 heavy (non-hydrogen) atoms. The number of nitrogens with zero attached hydrogens (tertiary/aromatic N) is 1. The van der Waals surface area contributed by atoms with Crippen molar-refractivity contribution in [3.63, 3.8) is 0 Å². The van der Waals surface area contributed by atoms with E-state index in [0.29, 0.717) is 31.0 Å². The predicted molar refractivity (Wildman–Crippen MR) is 167 cm³/mol. The number of aliphatic hydroxyl groups is 1. The highest BCUT2D eigenvalue weighted by molar-refractivity contribution is 7.92. The fourth-order valence-electron chi connectivity index (χ4n) is 6.29. The molecule has 0 saturated heterocycles. The lowest BCUT2D eigenvalue weighted by Gasteiger charge is -2.41. The van der Waals surface area contributed by atoms with Gasteiger partial charge in [0.15, 0.2) is 5.78 Å². The number of anilines is 1. The normalized spacial score (nSPS) is 19.4. The molecule has 3 N–H and O–H groups in total. The Morgan fingerprint density at radius 2 is 2.00 bits per heavy atom. The monoisotopic (exact) mass is 597 g/mol. The van der Waals surface area contributed by atoms with Crippen molar-refractivity contribution in [2.45, 2.75) is 83.6 Å². The Balaban J connectivity index is 1.36. The van der Waals surface area contributed by atoms with Gasteiger partial charge in [-0.15, -0.1) is 11.3 Å². The topological polar surface area (TPSA) is 108 Å². The molecule has 0 spiro atoms. The molecule has 0 bridgehead atoms. The molecule has 0 aliphatic heterocycles. The summed E-state index contributed by atoms with van der Waals surface area (Å²) in [6, 6.07) is 11.6. The van der Waals surface area contributed by atoms with Crippen LogP contribution in [0.4, 0.5) is 5.69 Å². The number of aliphatic hydroxyl groups excluding tert-OH is 1. The molecule has 2 atom stereocenters. The quantitative estimate of drug-likeness (QED) is 0.232. The average Bonchev–Trinajstić information content (AvgIpc) is 3.29. The van der Waals surface area contributed by atoms with Gasteiger partial charge in [0.2, 0.25) is 10.0 Å². The summed E-state index contributed by atoms with van der Waals surface area (Å²) >= 11 is 1.48. The van der Waals surface area contributed by atoms with Crippen LogP contribution in [0.25, 0.3) is 10.2 Å². The Bertz CT molecular complexity index is 1510. The van der Waals surface area contributed by atoms with Gasteiger partial charge in [-0.25, -0.2) is 13.4 Å². The summed E-state index contributed by atoms with van der Waals surface area (Å²) in [5.41, 5.74) is 3.95. The highest BCUT2D eigenvalue weighted by Crippen LogP contribution is 2.39. The van der Waals surface area contributed by atoms with Crippen LogP contribution in [-0.2, 0) is 22.9 Å². The number of Topliss-reactive ketones (excluding diaryl/α,β-unsaturated/α-hetero) is 1. The van der Waals surface area contributed by atoms with Crippen LogP contribution in [0.2, 0.25) is 0 Å². The number of benzene rings is 1. The number of hydrogen-bond donors (Lipinski definition) is 3. The Kier molecular flexibility index (Phi) is 8.63. The van der Waals surface area contributed by atoms with E-state index in [1.54, 1.807) is 6.07 Å². The number of hydrogen-bond acceptors (Lipinski definition) is 7. The van der Waals surface area contributed by atoms with E-state index < -0.39 is 10.0 Å². The minimum absolute atomic E-state index is 0.0746. The van der Waals surface area contributed by atoms with E-state index in [-0.39, 0.29) is 29.3 Å². The molecule has 9 heteroatoms. The summed E-state index contributed by atoms with van der Waals surface area (Å²) in [5, 5.41) is 14.4. The Morgan fingerprint density at radius 1 is 1.22 bits per heavy atom. The van der Waals surface area contributed by atoms with Gasteiger partial charge in [-0.3, -0.25) is 9.52 Å². The summed E-state index contributed by atoms with van der Waals surface area (Å²) in [4.78, 5) is 20.3. The Morgan fingerprint density at radius 3 is 2.66 bits per heavy atom. The van der Waals surface area contributed by atoms with E-state index in [9.17, 15) is 18.3 Å². The summed E-state index contributed by atoms with van der Waals surface area (Å²) in [5.74, 6) is 0.595. The first-order valence-corrected chi connectivity index (χ1v) is 17.4. The van der Waals surface area contributed by atoms with E-state index in [0.717, 1.165) is 65.4 Å². The van der Waals surface area contributed by atoms with Gasteiger partial charge in [0.25, 0.3) is 0 Å². The minimum atomic E-state index is -3.42. The molecule has 0 amide bonds. The van der Waals surface area contributed by atoms with E-state index in [4.69, 9.17) is 4.98 Å². The molecule has 7 nitrogen and oxygen atoms in total. The zero-order valence-corrected chi connectivity index (χ0v) is 26.3. The van der Waals surface area contributed by atoms with Gasteiger partial charge < -0.3 is 10.4 Å². The van der Waals surface area contributed by atoms with E-state index in [1.165, 1.54) is 22.6 Å². The van der Waals surface area contributed by atoms with E-state index in [2.05, 4.69) is 36.9 Å². The maximum absolute atomic E-state index is 13.7. The summed E-state index contributed by atoms with van der Waals surface area (Å²) < 4.78 is 26.2. The number of aromatic nitrogens is 1. The van der Waals surface area contributed by atoms with E-state index in [1.807, 2.05) is 24.3 Å². The van der Waals surface area contributed by atoms with Crippen LogP contribution in [0.1, 0.15) is 91.7 Å². The lowest BCUT2D eigenvalue weighted by atomic mass is 9.71. The molecular formula is C32H43N3O4S2. The van der Waals surface area contributed by atoms with Crippen molar-refractivity contribution in [3.05, 3.63) is 58.1 Å². The maximum atomic E-state index is 13.7. The number of ketones is 1. The summed E-state index contributed by atoms with van der Waals surface area (Å²) in [7, 11) is -3.42. The van der Waals surface area contributed by atoms with Gasteiger partial charge in [-0.05, 0) is 104 Å². The third-order valence-electron chi connectivity index (χ3n) is 9.07. The molecule has 2 aliphatic rings. The average molecular weight is 598 g/mol. The second-order valence-corrected chi connectivity index (χ2v) is 16.0. The Hall–Kier alpha value is -2.33. The first kappa shape index (κ1) is 30.1. The number of sulfonamides is 1. The van der Waals surface area contributed by atoms with Gasteiger partial charge in [0, 0.05) is 28.7 Å². The van der Waals surface area contributed by atoms with Gasteiger partial charge in [0.1, 0.15) is 4.83 Å². The van der Waals surface area contributed by atoms with Crippen LogP contribution in [0.3, 0.4) is 0 Å². The maximum Gasteiger partial charge on any atom is 0.229 e. The first-order valence-electron chi connectivity index (χ1n) is 14.7. The van der Waals surface area contributed by atoms with Crippen molar-refractivity contribution in [2.24, 2.45) is 11.3 Å². The molecule has 1 fully saturated rings. The molecule has 5 rings (SSSR count). The molecule has 0 unspecified atom stereocenters. The number of aryl methyl sites for hydroxylation is 1. The van der Waals surface area contributed by atoms with Gasteiger partial charge >= 0.3 is 0 Å². The summed E-state index contributed by atoms with van der Waals surface area (Å²) in [6.07, 6.45) is 8.32. The molecule has 3 aromatic rings. The molecule has 1 saturated carbocycles. The zero-order chi connectivity index (χ0) is 29.4. The number of pyridine rings is 1. The minimum Gasteiger partial charge on any atom is -0.394 e. The van der Waals surface area contributed by atoms with Crippen molar-refractivity contribution < 1.29 is 18.3 Å².